The Balaban J connectivity index is 2.90. The molecule has 0 N–H and O–H groups in total. The Kier molecular flexibility index (Phi) is 6.30. The molecule has 0 aliphatic heterocycles. The van der Waals surface area contributed by atoms with Crippen LogP contribution in [0.2, 0.25) is 0 Å². The van der Waals surface area contributed by atoms with Crippen LogP contribution in [0.15, 0.2) is 43.0 Å². The Hall–Kier alpha value is -1.61. The zero-order valence-corrected chi connectivity index (χ0v) is 12.0. The first-order valence-electron chi connectivity index (χ1n) is 6.56. The molecule has 19 heavy (non-hydrogen) atoms. The Morgan fingerprint density at radius 1 is 1.37 bits per heavy atom. The third-order valence-corrected chi connectivity index (χ3v) is 3.06. The van der Waals surface area contributed by atoms with Crippen LogP contribution in [0.3, 0.4) is 0 Å². The summed E-state index contributed by atoms with van der Waals surface area (Å²) in [5.74, 6) is 0.00360. The fourth-order valence-electron chi connectivity index (χ4n) is 2.22. The van der Waals surface area contributed by atoms with Gasteiger partial charge in [0.15, 0.2) is 0 Å². The van der Waals surface area contributed by atoms with Crippen molar-refractivity contribution in [1.82, 2.24) is 4.90 Å². The Morgan fingerprint density at radius 3 is 2.47 bits per heavy atom. The first-order valence-corrected chi connectivity index (χ1v) is 6.56. The largest absolute Gasteiger partial charge is 0.468 e. The zero-order chi connectivity index (χ0) is 14.3. The van der Waals surface area contributed by atoms with Gasteiger partial charge in [-0.05, 0) is 11.5 Å². The summed E-state index contributed by atoms with van der Waals surface area (Å²) in [6.07, 6.45) is 1.82. The highest BCUT2D eigenvalue weighted by molar-refractivity contribution is 5.76. The van der Waals surface area contributed by atoms with Crippen LogP contribution in [0.5, 0.6) is 0 Å². The van der Waals surface area contributed by atoms with Gasteiger partial charge in [0, 0.05) is 13.1 Å². The maximum absolute atomic E-state index is 12.0. The number of benzene rings is 1. The minimum atomic E-state index is -0.247. The van der Waals surface area contributed by atoms with Gasteiger partial charge in [0.1, 0.15) is 6.04 Å². The molecule has 0 heterocycles. The number of carbonyl (C=O) groups excluding carboxylic acids is 1. The molecule has 0 amide bonds. The van der Waals surface area contributed by atoms with Crippen LogP contribution >= 0.6 is 0 Å². The maximum atomic E-state index is 12.0. The molecule has 3 heteroatoms. The molecule has 0 bridgehead atoms. The van der Waals surface area contributed by atoms with Gasteiger partial charge in [-0.3, -0.25) is 9.69 Å². The van der Waals surface area contributed by atoms with Crippen molar-refractivity contribution in [3.05, 3.63) is 48.6 Å². The fourth-order valence-corrected chi connectivity index (χ4v) is 2.22. The lowest BCUT2D eigenvalue weighted by Crippen LogP contribution is -2.45. The first-order chi connectivity index (χ1) is 9.10. The lowest BCUT2D eigenvalue weighted by molar-refractivity contribution is -0.148. The number of nitrogens with zero attached hydrogens (tertiary/aromatic N) is 1. The van der Waals surface area contributed by atoms with E-state index in [1.54, 1.807) is 0 Å². The van der Waals surface area contributed by atoms with Crippen molar-refractivity contribution in [3.8, 4) is 0 Å². The van der Waals surface area contributed by atoms with Crippen molar-refractivity contribution in [2.24, 2.45) is 5.92 Å². The number of rotatable bonds is 7. The predicted octanol–water partition coefficient (Wildman–Crippen LogP) is 2.87. The smallest absolute Gasteiger partial charge is 0.323 e. The van der Waals surface area contributed by atoms with Gasteiger partial charge in [-0.25, -0.2) is 0 Å². The van der Waals surface area contributed by atoms with E-state index in [-0.39, 0.29) is 17.9 Å². The third kappa shape index (κ3) is 4.52. The summed E-state index contributed by atoms with van der Waals surface area (Å²) in [5, 5.41) is 0. The third-order valence-electron chi connectivity index (χ3n) is 3.06. The molecule has 0 spiro atoms. The minimum absolute atomic E-state index is 0.187. The summed E-state index contributed by atoms with van der Waals surface area (Å²) >= 11 is 0. The average Bonchev–Trinajstić information content (AvgIpc) is 2.39. The van der Waals surface area contributed by atoms with Crippen LogP contribution in [0.25, 0.3) is 0 Å². The monoisotopic (exact) mass is 261 g/mol. The SMILES string of the molecule is C=CCN(Cc1ccccc1)[C@H](C(=O)OC)C(C)C. The summed E-state index contributed by atoms with van der Waals surface area (Å²) in [6.45, 7) is 9.21. The van der Waals surface area contributed by atoms with Gasteiger partial charge < -0.3 is 4.74 Å². The van der Waals surface area contributed by atoms with E-state index in [4.69, 9.17) is 4.74 Å². The topological polar surface area (TPSA) is 29.5 Å². The van der Waals surface area contributed by atoms with Crippen molar-refractivity contribution in [3.63, 3.8) is 0 Å². The molecule has 1 aromatic carbocycles. The quantitative estimate of drug-likeness (QED) is 0.558. The number of esters is 1. The highest BCUT2D eigenvalue weighted by Crippen LogP contribution is 2.16. The van der Waals surface area contributed by atoms with Crippen molar-refractivity contribution >= 4 is 5.97 Å². The normalized spacial score (nSPS) is 12.5. The number of hydrogen-bond acceptors (Lipinski definition) is 3. The summed E-state index contributed by atoms with van der Waals surface area (Å²) in [7, 11) is 1.44. The molecule has 3 nitrogen and oxygen atoms in total. The standard InChI is InChI=1S/C16H23NO2/c1-5-11-17(12-14-9-7-6-8-10-14)15(13(2)3)16(18)19-4/h5-10,13,15H,1,11-12H2,2-4H3/t15-/m0/s1. The maximum Gasteiger partial charge on any atom is 0.323 e. The summed E-state index contributed by atoms with van der Waals surface area (Å²) < 4.78 is 4.92. The van der Waals surface area contributed by atoms with E-state index < -0.39 is 0 Å². The summed E-state index contributed by atoms with van der Waals surface area (Å²) in [4.78, 5) is 14.1. The van der Waals surface area contributed by atoms with Crippen molar-refractivity contribution in [2.75, 3.05) is 13.7 Å². The minimum Gasteiger partial charge on any atom is -0.468 e. The van der Waals surface area contributed by atoms with Gasteiger partial charge in [-0.2, -0.15) is 0 Å². The van der Waals surface area contributed by atoms with Crippen LogP contribution in [-0.4, -0.2) is 30.6 Å². The van der Waals surface area contributed by atoms with E-state index in [9.17, 15) is 4.79 Å². The molecule has 0 fully saturated rings. The van der Waals surface area contributed by atoms with Gasteiger partial charge in [0.2, 0.25) is 0 Å². The second kappa shape index (κ2) is 7.74. The Labute approximate surface area is 115 Å². The van der Waals surface area contributed by atoms with E-state index in [1.807, 2.05) is 38.1 Å². The second-order valence-corrected chi connectivity index (χ2v) is 4.92. The Bertz CT molecular complexity index is 400. The van der Waals surface area contributed by atoms with Gasteiger partial charge in [0.25, 0.3) is 0 Å². The van der Waals surface area contributed by atoms with E-state index >= 15 is 0 Å². The van der Waals surface area contributed by atoms with Gasteiger partial charge in [0.05, 0.1) is 7.11 Å². The average molecular weight is 261 g/mol. The van der Waals surface area contributed by atoms with E-state index in [0.29, 0.717) is 13.1 Å². The lowest BCUT2D eigenvalue weighted by Gasteiger charge is -2.31. The first kappa shape index (κ1) is 15.4. The molecule has 104 valence electrons. The van der Waals surface area contributed by atoms with Crippen LogP contribution in [0, 0.1) is 5.92 Å². The molecule has 0 aliphatic carbocycles. The number of methoxy groups -OCH3 is 1. The molecule has 0 radical (unpaired) electrons. The van der Waals surface area contributed by atoms with Gasteiger partial charge in [-0.1, -0.05) is 50.3 Å². The van der Waals surface area contributed by atoms with Gasteiger partial charge >= 0.3 is 5.97 Å². The van der Waals surface area contributed by atoms with E-state index in [2.05, 4.69) is 23.6 Å². The summed E-state index contributed by atoms with van der Waals surface area (Å²) in [5.41, 5.74) is 1.18. The predicted molar refractivity (Wildman–Crippen MR) is 77.7 cm³/mol. The number of hydrogen-bond donors (Lipinski definition) is 0. The van der Waals surface area contributed by atoms with E-state index in [1.165, 1.54) is 12.7 Å². The molecule has 0 aliphatic rings. The molecule has 0 aromatic heterocycles. The second-order valence-electron chi connectivity index (χ2n) is 4.92. The molecular weight excluding hydrogens is 238 g/mol. The van der Waals surface area contributed by atoms with Crippen LogP contribution in [0.4, 0.5) is 0 Å². The number of carbonyl (C=O) groups is 1. The van der Waals surface area contributed by atoms with Gasteiger partial charge in [-0.15, -0.1) is 6.58 Å². The zero-order valence-electron chi connectivity index (χ0n) is 12.0. The highest BCUT2D eigenvalue weighted by Gasteiger charge is 2.29. The summed E-state index contributed by atoms with van der Waals surface area (Å²) in [6, 6.07) is 9.87. The van der Waals surface area contributed by atoms with E-state index in [0.717, 1.165) is 0 Å². The highest BCUT2D eigenvalue weighted by atomic mass is 16.5. The van der Waals surface area contributed by atoms with Crippen LogP contribution in [-0.2, 0) is 16.1 Å². The van der Waals surface area contributed by atoms with Crippen LogP contribution < -0.4 is 0 Å². The Morgan fingerprint density at radius 2 is 2.00 bits per heavy atom. The molecular formula is C16H23NO2. The van der Waals surface area contributed by atoms with Crippen molar-refractivity contribution in [1.29, 1.82) is 0 Å². The molecule has 1 rings (SSSR count). The fraction of sp³-hybridized carbons (Fsp3) is 0.438. The molecule has 0 saturated carbocycles. The molecule has 1 aromatic rings. The van der Waals surface area contributed by atoms with Crippen molar-refractivity contribution < 1.29 is 9.53 Å². The molecule has 0 unspecified atom stereocenters. The van der Waals surface area contributed by atoms with Crippen molar-refractivity contribution in [2.45, 2.75) is 26.4 Å². The lowest BCUT2D eigenvalue weighted by atomic mass is 10.0. The number of ether oxygens (including phenoxy) is 1. The molecule has 1 atom stereocenters. The molecule has 0 saturated heterocycles. The van der Waals surface area contributed by atoms with Crippen LogP contribution in [0.1, 0.15) is 19.4 Å².